The minimum absolute atomic E-state index is 0.0929. The molecule has 144 valence electrons. The molecule has 1 fully saturated rings. The lowest BCUT2D eigenvalue weighted by atomic mass is 10.1. The molecule has 0 unspecified atom stereocenters. The molecule has 1 N–H and O–H groups in total. The third-order valence-electron chi connectivity index (χ3n) is 3.84. The van der Waals surface area contributed by atoms with Crippen LogP contribution in [0.2, 0.25) is 10.0 Å². The number of barbiturate groups is 1. The lowest BCUT2D eigenvalue weighted by Gasteiger charge is -2.26. The molecule has 0 bridgehead atoms. The highest BCUT2D eigenvalue weighted by atomic mass is 35.5. The van der Waals surface area contributed by atoms with E-state index in [-0.39, 0.29) is 27.4 Å². The summed E-state index contributed by atoms with van der Waals surface area (Å²) in [5.41, 5.74) is 0.533. The Bertz CT molecular complexity index is 1000. The summed E-state index contributed by atoms with van der Waals surface area (Å²) in [5.74, 6) is -1.04. The van der Waals surface area contributed by atoms with Gasteiger partial charge >= 0.3 is 6.03 Å². The van der Waals surface area contributed by atoms with Gasteiger partial charge in [0.1, 0.15) is 11.3 Å². The smallest absolute Gasteiger partial charge is 0.335 e. The van der Waals surface area contributed by atoms with Gasteiger partial charge < -0.3 is 4.74 Å². The molecule has 0 aliphatic carbocycles. The summed E-state index contributed by atoms with van der Waals surface area (Å²) in [6.07, 6.45) is 1.30. The number of benzene rings is 2. The number of para-hydroxylation sites is 1. The molecule has 3 rings (SSSR count). The second-order valence-electron chi connectivity index (χ2n) is 6.26. The van der Waals surface area contributed by atoms with Crippen LogP contribution in [-0.4, -0.2) is 23.9 Å². The topological polar surface area (TPSA) is 75.7 Å². The second-order valence-corrected chi connectivity index (χ2v) is 7.08. The van der Waals surface area contributed by atoms with Crippen LogP contribution in [0.15, 0.2) is 48.0 Å². The number of nitrogens with zero attached hydrogens (tertiary/aromatic N) is 1. The molecule has 4 amide bonds. The first-order chi connectivity index (χ1) is 13.3. The Morgan fingerprint density at radius 2 is 1.75 bits per heavy atom. The number of carbonyl (C=O) groups excluding carboxylic acids is 3. The number of nitrogens with one attached hydrogen (secondary N) is 1. The summed E-state index contributed by atoms with van der Waals surface area (Å²) in [6.45, 7) is 3.74. The number of halogens is 2. The van der Waals surface area contributed by atoms with Crippen LogP contribution < -0.4 is 15.0 Å². The average Bonchev–Trinajstić information content (AvgIpc) is 2.62. The molecule has 0 atom stereocenters. The first-order valence-electron chi connectivity index (χ1n) is 8.40. The average molecular weight is 419 g/mol. The van der Waals surface area contributed by atoms with E-state index in [0.29, 0.717) is 11.3 Å². The number of hydrogen-bond acceptors (Lipinski definition) is 4. The summed E-state index contributed by atoms with van der Waals surface area (Å²) in [6, 6.07) is 10.4. The minimum Gasteiger partial charge on any atom is -0.490 e. The maximum absolute atomic E-state index is 12.9. The van der Waals surface area contributed by atoms with Crippen LogP contribution in [0.3, 0.4) is 0 Å². The molecule has 1 saturated heterocycles. The van der Waals surface area contributed by atoms with Crippen LogP contribution in [0.1, 0.15) is 19.4 Å². The Balaban J connectivity index is 2.03. The van der Waals surface area contributed by atoms with Crippen LogP contribution in [0.5, 0.6) is 5.75 Å². The summed E-state index contributed by atoms with van der Waals surface area (Å²) in [7, 11) is 0. The Morgan fingerprint density at radius 1 is 1.04 bits per heavy atom. The Hall–Kier alpha value is -2.83. The van der Waals surface area contributed by atoms with E-state index in [1.165, 1.54) is 24.3 Å². The SMILES string of the molecule is CC(C)Oc1ccccc1/C=C1\C(=O)NC(=O)N(c2ccc(Cl)c(Cl)c2)C1=O. The van der Waals surface area contributed by atoms with Gasteiger partial charge in [0.05, 0.1) is 21.8 Å². The van der Waals surface area contributed by atoms with Crippen LogP contribution in [0.4, 0.5) is 10.5 Å². The van der Waals surface area contributed by atoms with Crippen molar-refractivity contribution >= 4 is 52.8 Å². The fourth-order valence-corrected chi connectivity index (χ4v) is 2.92. The van der Waals surface area contributed by atoms with Crippen molar-refractivity contribution in [3.63, 3.8) is 0 Å². The zero-order valence-corrected chi connectivity index (χ0v) is 16.5. The monoisotopic (exact) mass is 418 g/mol. The third-order valence-corrected chi connectivity index (χ3v) is 4.58. The van der Waals surface area contributed by atoms with E-state index in [9.17, 15) is 14.4 Å². The number of urea groups is 1. The van der Waals surface area contributed by atoms with Crippen molar-refractivity contribution in [1.29, 1.82) is 0 Å². The minimum atomic E-state index is -0.864. The number of carbonyl (C=O) groups is 3. The normalized spacial score (nSPS) is 16.0. The van der Waals surface area contributed by atoms with Crippen molar-refractivity contribution < 1.29 is 19.1 Å². The molecule has 1 aliphatic rings. The van der Waals surface area contributed by atoms with Crippen LogP contribution in [0.25, 0.3) is 6.08 Å². The predicted octanol–water partition coefficient (Wildman–Crippen LogP) is 4.45. The van der Waals surface area contributed by atoms with E-state index in [1.54, 1.807) is 24.3 Å². The lowest BCUT2D eigenvalue weighted by molar-refractivity contribution is -0.122. The zero-order valence-electron chi connectivity index (χ0n) is 15.0. The predicted molar refractivity (Wildman–Crippen MR) is 108 cm³/mol. The van der Waals surface area contributed by atoms with E-state index in [1.807, 2.05) is 13.8 Å². The maximum Gasteiger partial charge on any atom is 0.335 e. The van der Waals surface area contributed by atoms with Crippen LogP contribution >= 0.6 is 23.2 Å². The first-order valence-corrected chi connectivity index (χ1v) is 9.15. The Morgan fingerprint density at radius 3 is 2.43 bits per heavy atom. The molecule has 2 aromatic carbocycles. The van der Waals surface area contributed by atoms with Gasteiger partial charge in [-0.15, -0.1) is 0 Å². The number of imide groups is 2. The van der Waals surface area contributed by atoms with Gasteiger partial charge in [0.25, 0.3) is 11.8 Å². The number of rotatable bonds is 4. The number of ether oxygens (including phenoxy) is 1. The molecular weight excluding hydrogens is 403 g/mol. The largest absolute Gasteiger partial charge is 0.490 e. The first kappa shape index (κ1) is 19.9. The van der Waals surface area contributed by atoms with Crippen molar-refractivity contribution in [3.8, 4) is 5.75 Å². The highest BCUT2D eigenvalue weighted by Gasteiger charge is 2.37. The third kappa shape index (κ3) is 4.03. The second kappa shape index (κ2) is 8.04. The van der Waals surface area contributed by atoms with E-state index in [2.05, 4.69) is 5.32 Å². The fraction of sp³-hybridized carbons (Fsp3) is 0.150. The highest BCUT2D eigenvalue weighted by molar-refractivity contribution is 6.43. The van der Waals surface area contributed by atoms with Crippen molar-refractivity contribution in [1.82, 2.24) is 5.32 Å². The Kier molecular flexibility index (Phi) is 5.72. The van der Waals surface area contributed by atoms with Crippen LogP contribution in [0, 0.1) is 0 Å². The van der Waals surface area contributed by atoms with E-state index < -0.39 is 17.8 Å². The van der Waals surface area contributed by atoms with Crippen molar-refractivity contribution in [2.75, 3.05) is 4.90 Å². The summed E-state index contributed by atoms with van der Waals surface area (Å²) < 4.78 is 5.72. The van der Waals surface area contributed by atoms with E-state index in [4.69, 9.17) is 27.9 Å². The number of hydrogen-bond donors (Lipinski definition) is 1. The van der Waals surface area contributed by atoms with Gasteiger partial charge in [-0.2, -0.15) is 0 Å². The molecule has 0 saturated carbocycles. The van der Waals surface area contributed by atoms with Gasteiger partial charge in [0.15, 0.2) is 0 Å². The van der Waals surface area contributed by atoms with Gasteiger partial charge in [0.2, 0.25) is 0 Å². The van der Waals surface area contributed by atoms with Gasteiger partial charge in [-0.05, 0) is 44.2 Å². The molecule has 8 heteroatoms. The highest BCUT2D eigenvalue weighted by Crippen LogP contribution is 2.30. The molecular formula is C20H16Cl2N2O4. The number of amides is 4. The fourth-order valence-electron chi connectivity index (χ4n) is 2.63. The molecule has 28 heavy (non-hydrogen) atoms. The molecule has 0 radical (unpaired) electrons. The lowest BCUT2D eigenvalue weighted by Crippen LogP contribution is -2.54. The molecule has 1 heterocycles. The van der Waals surface area contributed by atoms with Gasteiger partial charge in [0, 0.05) is 5.56 Å². The summed E-state index contributed by atoms with van der Waals surface area (Å²) in [4.78, 5) is 38.4. The van der Waals surface area contributed by atoms with E-state index >= 15 is 0 Å². The van der Waals surface area contributed by atoms with Crippen molar-refractivity contribution in [2.45, 2.75) is 20.0 Å². The molecule has 1 aliphatic heterocycles. The molecule has 6 nitrogen and oxygen atoms in total. The van der Waals surface area contributed by atoms with Gasteiger partial charge in [-0.3, -0.25) is 14.9 Å². The molecule has 2 aromatic rings. The summed E-state index contributed by atoms with van der Waals surface area (Å²) >= 11 is 11.9. The van der Waals surface area contributed by atoms with Gasteiger partial charge in [-0.25, -0.2) is 9.69 Å². The number of anilines is 1. The quantitative estimate of drug-likeness (QED) is 0.587. The van der Waals surface area contributed by atoms with Crippen LogP contribution in [-0.2, 0) is 9.59 Å². The molecule has 0 spiro atoms. The zero-order chi connectivity index (χ0) is 20.4. The van der Waals surface area contributed by atoms with Crippen molar-refractivity contribution in [2.24, 2.45) is 0 Å². The summed E-state index contributed by atoms with van der Waals surface area (Å²) in [5, 5.41) is 2.62. The maximum atomic E-state index is 12.9. The van der Waals surface area contributed by atoms with Crippen molar-refractivity contribution in [3.05, 3.63) is 63.6 Å². The Labute approximate surface area is 171 Å². The van der Waals surface area contributed by atoms with E-state index in [0.717, 1.165) is 4.90 Å². The standard InChI is InChI=1S/C20H16Cl2N2O4/c1-11(2)28-17-6-4-3-5-12(17)9-14-18(25)23-20(27)24(19(14)26)13-7-8-15(21)16(22)10-13/h3-11H,1-2H3,(H,23,25,27)/b14-9+. The van der Waals surface area contributed by atoms with Gasteiger partial charge in [-0.1, -0.05) is 41.4 Å². The molecule has 0 aromatic heterocycles.